The zero-order valence-corrected chi connectivity index (χ0v) is 12.1. The Balaban J connectivity index is 2.22. The normalized spacial score (nSPS) is 12.3. The van der Waals surface area contributed by atoms with E-state index in [1.807, 2.05) is 0 Å². The summed E-state index contributed by atoms with van der Waals surface area (Å²) in [5.74, 6) is -0.403. The minimum Gasteiger partial charge on any atom is -0.378 e. The predicted molar refractivity (Wildman–Crippen MR) is 79.4 cm³/mol. The maximum Gasteiger partial charge on any atom is 0.143 e. The fourth-order valence-corrected chi connectivity index (χ4v) is 2.26. The summed E-state index contributed by atoms with van der Waals surface area (Å²) in [7, 11) is 0. The number of hydrogen-bond acceptors (Lipinski definition) is 1. The average Bonchev–Trinajstić information content (AvgIpc) is 2.36. The van der Waals surface area contributed by atoms with Crippen LogP contribution in [0.15, 0.2) is 36.4 Å². The highest BCUT2D eigenvalue weighted by Crippen LogP contribution is 2.25. The molecule has 2 rings (SSSR count). The molecule has 0 bridgehead atoms. The highest BCUT2D eigenvalue weighted by molar-refractivity contribution is 6.30. The Morgan fingerprint density at radius 1 is 1.11 bits per heavy atom. The Hall–Kier alpha value is -1.54. The molecule has 1 nitrogen and oxygen atoms in total. The summed E-state index contributed by atoms with van der Waals surface area (Å²) in [6, 6.07) is 11.2. The molecule has 2 aromatic rings. The minimum absolute atomic E-state index is 0.112. The van der Waals surface area contributed by atoms with Gasteiger partial charge in [-0.1, -0.05) is 35.4 Å². The maximum atomic E-state index is 13.4. The van der Waals surface area contributed by atoms with Gasteiger partial charge in [-0.15, -0.1) is 0 Å². The fraction of sp³-hybridized carbons (Fsp3) is 0.250. The summed E-state index contributed by atoms with van der Waals surface area (Å²) in [5, 5.41) is 3.44. The van der Waals surface area contributed by atoms with E-state index in [1.54, 1.807) is 12.1 Å². The summed E-state index contributed by atoms with van der Waals surface area (Å²) in [6.07, 6.45) is 0. The first kappa shape index (κ1) is 13.9. The van der Waals surface area contributed by atoms with Gasteiger partial charge in [0.1, 0.15) is 5.82 Å². The molecule has 0 aliphatic rings. The van der Waals surface area contributed by atoms with Crippen LogP contribution in [0.2, 0.25) is 5.02 Å². The zero-order chi connectivity index (χ0) is 14.0. The number of nitrogens with one attached hydrogen (secondary N) is 1. The molecule has 0 saturated heterocycles. The number of halogens is 2. The summed E-state index contributed by atoms with van der Waals surface area (Å²) >= 11 is 5.68. The van der Waals surface area contributed by atoms with E-state index in [-0.39, 0.29) is 11.1 Å². The Labute approximate surface area is 118 Å². The molecule has 0 fully saturated rings. The lowest BCUT2D eigenvalue weighted by Gasteiger charge is -2.18. The molecule has 1 unspecified atom stereocenters. The first-order chi connectivity index (χ1) is 8.97. The lowest BCUT2D eigenvalue weighted by atomic mass is 10.00. The van der Waals surface area contributed by atoms with E-state index in [2.05, 4.69) is 44.3 Å². The highest BCUT2D eigenvalue weighted by Gasteiger charge is 2.09. The molecule has 0 aromatic heterocycles. The zero-order valence-electron chi connectivity index (χ0n) is 11.3. The van der Waals surface area contributed by atoms with Gasteiger partial charge in [-0.25, -0.2) is 4.39 Å². The molecule has 19 heavy (non-hydrogen) atoms. The number of anilines is 1. The fourth-order valence-electron chi connectivity index (χ4n) is 2.14. The van der Waals surface area contributed by atoms with Crippen LogP contribution in [0, 0.1) is 19.7 Å². The van der Waals surface area contributed by atoms with Gasteiger partial charge < -0.3 is 5.32 Å². The summed E-state index contributed by atoms with van der Waals surface area (Å²) in [4.78, 5) is 0. The van der Waals surface area contributed by atoms with Gasteiger partial charge >= 0.3 is 0 Å². The summed E-state index contributed by atoms with van der Waals surface area (Å²) < 4.78 is 13.4. The van der Waals surface area contributed by atoms with Gasteiger partial charge in [0.05, 0.1) is 5.02 Å². The number of benzene rings is 2. The Bertz CT molecular complexity index is 595. The van der Waals surface area contributed by atoms with Gasteiger partial charge in [0.25, 0.3) is 0 Å². The average molecular weight is 278 g/mol. The third-order valence-electron chi connectivity index (χ3n) is 3.20. The largest absolute Gasteiger partial charge is 0.378 e. The van der Waals surface area contributed by atoms with Crippen LogP contribution in [0.25, 0.3) is 0 Å². The lowest BCUT2D eigenvalue weighted by Crippen LogP contribution is -2.08. The topological polar surface area (TPSA) is 12.0 Å². The van der Waals surface area contributed by atoms with E-state index in [1.165, 1.54) is 22.8 Å². The molecule has 0 saturated carbocycles. The minimum atomic E-state index is -0.403. The van der Waals surface area contributed by atoms with E-state index in [0.29, 0.717) is 0 Å². The van der Waals surface area contributed by atoms with E-state index in [4.69, 9.17) is 11.6 Å². The van der Waals surface area contributed by atoms with Crippen molar-refractivity contribution in [1.29, 1.82) is 0 Å². The third-order valence-corrected chi connectivity index (χ3v) is 3.51. The van der Waals surface area contributed by atoms with Crippen LogP contribution in [-0.2, 0) is 0 Å². The molecule has 3 heteroatoms. The molecule has 0 amide bonds. The molecule has 1 N–H and O–H groups in total. The first-order valence-corrected chi connectivity index (χ1v) is 6.64. The van der Waals surface area contributed by atoms with Crippen LogP contribution in [0.3, 0.4) is 0 Å². The van der Waals surface area contributed by atoms with Crippen LogP contribution in [0.4, 0.5) is 10.1 Å². The van der Waals surface area contributed by atoms with Crippen LogP contribution in [0.1, 0.15) is 29.7 Å². The van der Waals surface area contributed by atoms with Crippen LogP contribution in [0.5, 0.6) is 0 Å². The second kappa shape index (κ2) is 5.62. The molecule has 2 aromatic carbocycles. The second-order valence-corrected chi connectivity index (χ2v) is 5.26. The van der Waals surface area contributed by atoms with Crippen molar-refractivity contribution in [2.45, 2.75) is 26.8 Å². The second-order valence-electron chi connectivity index (χ2n) is 4.85. The Morgan fingerprint density at radius 2 is 1.84 bits per heavy atom. The van der Waals surface area contributed by atoms with Crippen LogP contribution >= 0.6 is 11.6 Å². The van der Waals surface area contributed by atoms with Gasteiger partial charge in [-0.2, -0.15) is 0 Å². The molecule has 0 heterocycles. The molecule has 0 radical (unpaired) electrons. The third kappa shape index (κ3) is 3.27. The van der Waals surface area contributed by atoms with Crippen LogP contribution in [-0.4, -0.2) is 0 Å². The van der Waals surface area contributed by atoms with Crippen molar-refractivity contribution in [3.05, 3.63) is 63.9 Å². The standard InChI is InChI=1S/C16H17ClFN/c1-10-4-5-11(2)14(8-10)12(3)19-13-6-7-15(17)16(18)9-13/h4-9,12,19H,1-3H3. The SMILES string of the molecule is Cc1ccc(C)c(C(C)Nc2ccc(Cl)c(F)c2)c1. The van der Waals surface area contributed by atoms with Crippen LogP contribution < -0.4 is 5.32 Å². The molecule has 0 spiro atoms. The molecule has 100 valence electrons. The smallest absolute Gasteiger partial charge is 0.143 e. The molecular formula is C16H17ClFN. The quantitative estimate of drug-likeness (QED) is 0.806. The van der Waals surface area contributed by atoms with E-state index in [0.717, 1.165) is 5.69 Å². The molecule has 1 atom stereocenters. The first-order valence-electron chi connectivity index (χ1n) is 6.26. The van der Waals surface area contributed by atoms with Gasteiger partial charge in [0.2, 0.25) is 0 Å². The van der Waals surface area contributed by atoms with Gasteiger partial charge in [-0.05, 0) is 50.1 Å². The van der Waals surface area contributed by atoms with Crippen molar-refractivity contribution in [3.8, 4) is 0 Å². The summed E-state index contributed by atoms with van der Waals surface area (Å²) in [6.45, 7) is 6.21. The van der Waals surface area contributed by atoms with E-state index >= 15 is 0 Å². The predicted octanol–water partition coefficient (Wildman–Crippen LogP) is 5.27. The Morgan fingerprint density at radius 3 is 2.53 bits per heavy atom. The number of hydrogen-bond donors (Lipinski definition) is 1. The molecular weight excluding hydrogens is 261 g/mol. The maximum absolute atomic E-state index is 13.4. The van der Waals surface area contributed by atoms with Crippen molar-refractivity contribution in [3.63, 3.8) is 0 Å². The van der Waals surface area contributed by atoms with Crippen molar-refractivity contribution >= 4 is 17.3 Å². The monoisotopic (exact) mass is 277 g/mol. The van der Waals surface area contributed by atoms with Crippen molar-refractivity contribution in [1.82, 2.24) is 0 Å². The summed E-state index contributed by atoms with van der Waals surface area (Å²) in [5.41, 5.74) is 4.39. The van der Waals surface area contributed by atoms with E-state index in [9.17, 15) is 4.39 Å². The van der Waals surface area contributed by atoms with Gasteiger partial charge in [0, 0.05) is 11.7 Å². The van der Waals surface area contributed by atoms with Crippen molar-refractivity contribution < 1.29 is 4.39 Å². The number of rotatable bonds is 3. The highest BCUT2D eigenvalue weighted by atomic mass is 35.5. The van der Waals surface area contributed by atoms with Crippen molar-refractivity contribution in [2.24, 2.45) is 0 Å². The van der Waals surface area contributed by atoms with Crippen molar-refractivity contribution in [2.75, 3.05) is 5.32 Å². The lowest BCUT2D eigenvalue weighted by molar-refractivity contribution is 0.628. The molecule has 0 aliphatic heterocycles. The number of aryl methyl sites for hydroxylation is 2. The molecule has 0 aliphatic carbocycles. The Kier molecular flexibility index (Phi) is 4.11. The van der Waals surface area contributed by atoms with Gasteiger partial charge in [0.15, 0.2) is 0 Å². The van der Waals surface area contributed by atoms with E-state index < -0.39 is 5.82 Å². The van der Waals surface area contributed by atoms with Gasteiger partial charge in [-0.3, -0.25) is 0 Å².